The van der Waals surface area contributed by atoms with Crippen LogP contribution in [0.3, 0.4) is 0 Å². The maximum absolute atomic E-state index is 14.0. The van der Waals surface area contributed by atoms with Gasteiger partial charge in [-0.25, -0.2) is 12.8 Å². The van der Waals surface area contributed by atoms with Crippen LogP contribution in [0.2, 0.25) is 5.02 Å². The lowest BCUT2D eigenvalue weighted by atomic mass is 10.2. The van der Waals surface area contributed by atoms with Crippen molar-refractivity contribution >= 4 is 38.9 Å². The Balaban J connectivity index is 2.06. The topological polar surface area (TPSA) is 84.9 Å². The summed E-state index contributed by atoms with van der Waals surface area (Å²) in [5, 5.41) is 3.01. The molecule has 29 heavy (non-hydrogen) atoms. The van der Waals surface area contributed by atoms with Crippen molar-refractivity contribution in [3.63, 3.8) is 0 Å². The van der Waals surface area contributed by atoms with E-state index in [-0.39, 0.29) is 31.0 Å². The van der Waals surface area contributed by atoms with E-state index >= 15 is 0 Å². The zero-order valence-electron chi connectivity index (χ0n) is 16.2. The van der Waals surface area contributed by atoms with E-state index in [1.165, 1.54) is 44.6 Å². The van der Waals surface area contributed by atoms with Crippen molar-refractivity contribution in [3.8, 4) is 11.5 Å². The third-order valence-electron chi connectivity index (χ3n) is 4.03. The first-order valence-corrected chi connectivity index (χ1v) is 10.8. The molecule has 0 saturated carbocycles. The van der Waals surface area contributed by atoms with Crippen LogP contribution in [0.15, 0.2) is 36.4 Å². The molecule has 0 aliphatic heterocycles. The van der Waals surface area contributed by atoms with Gasteiger partial charge in [0.25, 0.3) is 0 Å². The summed E-state index contributed by atoms with van der Waals surface area (Å²) in [6.45, 7) is -0.0474. The molecule has 7 nitrogen and oxygen atoms in total. The van der Waals surface area contributed by atoms with Crippen molar-refractivity contribution in [1.82, 2.24) is 0 Å². The third-order valence-corrected chi connectivity index (χ3v) is 5.51. The van der Waals surface area contributed by atoms with Crippen LogP contribution < -0.4 is 19.1 Å². The standard InChI is InChI=1S/C19H22ClFN2O5S/c1-27-17-12-15(18(28-2)11-13(17)20)22-19(24)9-6-10-23(29(3,25)26)16-8-5-4-7-14(16)21/h4-5,7-8,11-12H,6,9-10H2,1-3H3,(H,22,24). The first-order valence-electron chi connectivity index (χ1n) is 8.61. The Bertz CT molecular complexity index is 985. The number of halogens is 2. The van der Waals surface area contributed by atoms with Crippen molar-refractivity contribution in [3.05, 3.63) is 47.2 Å². The van der Waals surface area contributed by atoms with Crippen molar-refractivity contribution in [1.29, 1.82) is 0 Å². The van der Waals surface area contributed by atoms with Crippen molar-refractivity contribution in [2.24, 2.45) is 0 Å². The molecular formula is C19H22ClFN2O5S. The smallest absolute Gasteiger partial charge is 0.232 e. The van der Waals surface area contributed by atoms with Crippen LogP contribution in [0, 0.1) is 5.82 Å². The molecule has 0 radical (unpaired) electrons. The van der Waals surface area contributed by atoms with Gasteiger partial charge in [-0.05, 0) is 18.6 Å². The van der Waals surface area contributed by atoms with Gasteiger partial charge in [0.15, 0.2) is 0 Å². The van der Waals surface area contributed by atoms with E-state index in [0.29, 0.717) is 22.2 Å². The fourth-order valence-corrected chi connectivity index (χ4v) is 3.87. The number of ether oxygens (including phenoxy) is 2. The molecule has 0 heterocycles. The Kier molecular flexibility index (Phi) is 7.69. The number of carbonyl (C=O) groups is 1. The number of hydrogen-bond donors (Lipinski definition) is 1. The molecule has 0 fully saturated rings. The van der Waals surface area contributed by atoms with Gasteiger partial charge in [-0.15, -0.1) is 0 Å². The highest BCUT2D eigenvalue weighted by Crippen LogP contribution is 2.36. The van der Waals surface area contributed by atoms with Gasteiger partial charge in [0, 0.05) is 25.1 Å². The maximum atomic E-state index is 14.0. The molecule has 0 unspecified atom stereocenters. The fourth-order valence-electron chi connectivity index (χ4n) is 2.67. The van der Waals surface area contributed by atoms with Crippen molar-refractivity contribution < 1.29 is 27.1 Å². The average Bonchev–Trinajstić information content (AvgIpc) is 2.66. The summed E-state index contributed by atoms with van der Waals surface area (Å²) in [7, 11) is -0.828. The molecule has 0 bridgehead atoms. The molecule has 1 N–H and O–H groups in total. The van der Waals surface area contributed by atoms with Gasteiger partial charge in [-0.2, -0.15) is 0 Å². The van der Waals surface area contributed by atoms with Gasteiger partial charge in [0.05, 0.1) is 36.9 Å². The highest BCUT2D eigenvalue weighted by Gasteiger charge is 2.21. The molecule has 2 rings (SSSR count). The van der Waals surface area contributed by atoms with Gasteiger partial charge in [-0.1, -0.05) is 23.7 Å². The van der Waals surface area contributed by atoms with E-state index in [9.17, 15) is 17.6 Å². The van der Waals surface area contributed by atoms with Crippen LogP contribution in [0.25, 0.3) is 0 Å². The van der Waals surface area contributed by atoms with Crippen molar-refractivity contribution in [2.45, 2.75) is 12.8 Å². The minimum atomic E-state index is -3.71. The predicted molar refractivity (Wildman–Crippen MR) is 111 cm³/mol. The number of anilines is 2. The molecule has 0 spiro atoms. The minimum Gasteiger partial charge on any atom is -0.495 e. The van der Waals surface area contributed by atoms with Crippen LogP contribution in [0.4, 0.5) is 15.8 Å². The number of amides is 1. The quantitative estimate of drug-likeness (QED) is 0.637. The second kappa shape index (κ2) is 9.80. The molecule has 10 heteroatoms. The highest BCUT2D eigenvalue weighted by molar-refractivity contribution is 7.92. The molecule has 0 aliphatic carbocycles. The van der Waals surface area contributed by atoms with Gasteiger partial charge >= 0.3 is 0 Å². The van der Waals surface area contributed by atoms with E-state index in [4.69, 9.17) is 21.1 Å². The zero-order chi connectivity index (χ0) is 21.6. The molecule has 1 amide bonds. The largest absolute Gasteiger partial charge is 0.495 e. The molecule has 2 aromatic carbocycles. The molecule has 0 saturated heterocycles. The molecule has 0 aliphatic rings. The molecule has 0 atom stereocenters. The van der Waals surface area contributed by atoms with E-state index in [1.807, 2.05) is 0 Å². The number of carbonyl (C=O) groups excluding carboxylic acids is 1. The lowest BCUT2D eigenvalue weighted by Gasteiger charge is -2.22. The fraction of sp³-hybridized carbons (Fsp3) is 0.316. The number of nitrogens with one attached hydrogen (secondary N) is 1. The van der Waals surface area contributed by atoms with Gasteiger partial charge < -0.3 is 14.8 Å². The Hall–Kier alpha value is -2.52. The summed E-state index contributed by atoms with van der Waals surface area (Å²) in [6.07, 6.45) is 1.18. The lowest BCUT2D eigenvalue weighted by Crippen LogP contribution is -2.32. The Morgan fingerprint density at radius 1 is 1.17 bits per heavy atom. The predicted octanol–water partition coefficient (Wildman–Crippen LogP) is 3.68. The second-order valence-corrected chi connectivity index (χ2v) is 8.44. The number of rotatable bonds is 9. The van der Waals surface area contributed by atoms with Crippen LogP contribution in [-0.2, 0) is 14.8 Å². The third kappa shape index (κ3) is 5.98. The normalized spacial score (nSPS) is 11.1. The minimum absolute atomic E-state index is 0.00850. The Morgan fingerprint density at radius 2 is 1.83 bits per heavy atom. The summed E-state index contributed by atoms with van der Waals surface area (Å²) in [4.78, 5) is 12.3. The first kappa shape index (κ1) is 22.8. The van der Waals surface area contributed by atoms with Gasteiger partial charge in [0.2, 0.25) is 15.9 Å². The Labute approximate surface area is 174 Å². The van der Waals surface area contributed by atoms with E-state index in [1.54, 1.807) is 6.07 Å². The first-order chi connectivity index (χ1) is 13.7. The van der Waals surface area contributed by atoms with Crippen LogP contribution in [-0.4, -0.2) is 41.3 Å². The SMILES string of the molecule is COc1cc(NC(=O)CCCN(c2ccccc2F)S(C)(=O)=O)c(OC)cc1Cl. The van der Waals surface area contributed by atoms with Crippen molar-refractivity contribution in [2.75, 3.05) is 36.6 Å². The molecule has 0 aromatic heterocycles. The molecular weight excluding hydrogens is 423 g/mol. The van der Waals surface area contributed by atoms with E-state index in [2.05, 4.69) is 5.32 Å². The molecule has 2 aromatic rings. The number of nitrogens with zero attached hydrogens (tertiary/aromatic N) is 1. The summed E-state index contributed by atoms with van der Waals surface area (Å²) >= 11 is 6.04. The number of sulfonamides is 1. The summed E-state index contributed by atoms with van der Waals surface area (Å²) < 4.78 is 49.4. The highest BCUT2D eigenvalue weighted by atomic mass is 35.5. The summed E-state index contributed by atoms with van der Waals surface area (Å²) in [5.41, 5.74) is 0.312. The zero-order valence-corrected chi connectivity index (χ0v) is 17.8. The number of para-hydroxylation sites is 1. The van der Waals surface area contributed by atoms with E-state index in [0.717, 1.165) is 10.6 Å². The van der Waals surface area contributed by atoms with Gasteiger partial charge in [0.1, 0.15) is 17.3 Å². The molecule has 158 valence electrons. The summed E-state index contributed by atoms with van der Waals surface area (Å²) in [6, 6.07) is 8.62. The number of benzene rings is 2. The second-order valence-electron chi connectivity index (χ2n) is 6.13. The lowest BCUT2D eigenvalue weighted by molar-refractivity contribution is -0.116. The average molecular weight is 445 g/mol. The summed E-state index contributed by atoms with van der Waals surface area (Å²) in [5.74, 6) is -0.297. The van der Waals surface area contributed by atoms with Gasteiger partial charge in [-0.3, -0.25) is 9.10 Å². The van der Waals surface area contributed by atoms with Crippen LogP contribution in [0.1, 0.15) is 12.8 Å². The number of hydrogen-bond acceptors (Lipinski definition) is 5. The maximum Gasteiger partial charge on any atom is 0.232 e. The number of methoxy groups -OCH3 is 2. The monoisotopic (exact) mass is 444 g/mol. The van der Waals surface area contributed by atoms with Crippen LogP contribution in [0.5, 0.6) is 11.5 Å². The van der Waals surface area contributed by atoms with E-state index < -0.39 is 15.8 Å². The van der Waals surface area contributed by atoms with Crippen LogP contribution >= 0.6 is 11.6 Å². The Morgan fingerprint density at radius 3 is 2.41 bits per heavy atom.